The summed E-state index contributed by atoms with van der Waals surface area (Å²) < 4.78 is 10.8. The predicted octanol–water partition coefficient (Wildman–Crippen LogP) is 4.93. The molecule has 0 aromatic heterocycles. The van der Waals surface area contributed by atoms with Gasteiger partial charge in [-0.1, -0.05) is 64.0 Å². The molecule has 1 N–H and O–H groups in total. The van der Waals surface area contributed by atoms with Crippen LogP contribution in [0.2, 0.25) is 0 Å². The number of para-hydroxylation sites is 1. The maximum absolute atomic E-state index is 5.44. The Morgan fingerprint density at radius 2 is 1.55 bits per heavy atom. The molecule has 0 aliphatic carbocycles. The Morgan fingerprint density at radius 1 is 0.864 bits per heavy atom. The summed E-state index contributed by atoms with van der Waals surface area (Å²) in [5.74, 6) is 1.64. The van der Waals surface area contributed by atoms with Gasteiger partial charge in [0.2, 0.25) is 0 Å². The van der Waals surface area contributed by atoms with Gasteiger partial charge in [0.1, 0.15) is 0 Å². The van der Waals surface area contributed by atoms with Crippen molar-refractivity contribution in [1.82, 2.24) is 5.32 Å². The zero-order chi connectivity index (χ0) is 16.0. The number of unbranched alkanes of at least 4 members (excludes halogenated alkanes) is 7. The van der Waals surface area contributed by atoms with Crippen LogP contribution in [0.3, 0.4) is 0 Å². The van der Waals surface area contributed by atoms with Crippen molar-refractivity contribution in [2.75, 3.05) is 20.8 Å². The Labute approximate surface area is 136 Å². The first-order valence-corrected chi connectivity index (χ1v) is 8.74. The summed E-state index contributed by atoms with van der Waals surface area (Å²) in [6.45, 7) is 4.16. The SMILES string of the molecule is CCCCCCCCCCNCc1cccc(OC)c1OC. The minimum absolute atomic E-state index is 0.800. The average molecular weight is 307 g/mol. The Bertz CT molecular complexity index is 393. The van der Waals surface area contributed by atoms with Gasteiger partial charge in [-0.3, -0.25) is 0 Å². The molecule has 0 heterocycles. The number of hydrogen-bond donors (Lipinski definition) is 1. The molecule has 0 spiro atoms. The van der Waals surface area contributed by atoms with Crippen LogP contribution in [0.25, 0.3) is 0 Å². The predicted molar refractivity (Wildman–Crippen MR) is 93.9 cm³/mol. The summed E-state index contributed by atoms with van der Waals surface area (Å²) >= 11 is 0. The van der Waals surface area contributed by atoms with Crippen molar-refractivity contribution in [3.63, 3.8) is 0 Å². The van der Waals surface area contributed by atoms with Gasteiger partial charge in [0.05, 0.1) is 14.2 Å². The Balaban J connectivity index is 2.12. The summed E-state index contributed by atoms with van der Waals surface area (Å²) in [6, 6.07) is 6.03. The zero-order valence-corrected chi connectivity index (χ0v) is 14.6. The largest absolute Gasteiger partial charge is 0.493 e. The van der Waals surface area contributed by atoms with Crippen molar-refractivity contribution >= 4 is 0 Å². The Hall–Kier alpha value is -1.22. The lowest BCUT2D eigenvalue weighted by molar-refractivity contribution is 0.350. The van der Waals surface area contributed by atoms with Crippen LogP contribution in [0.15, 0.2) is 18.2 Å². The molecule has 0 bridgehead atoms. The molecule has 0 aliphatic rings. The molecule has 0 radical (unpaired) electrons. The minimum Gasteiger partial charge on any atom is -0.493 e. The van der Waals surface area contributed by atoms with Gasteiger partial charge in [0.15, 0.2) is 11.5 Å². The fourth-order valence-corrected chi connectivity index (χ4v) is 2.70. The van der Waals surface area contributed by atoms with Crippen LogP contribution < -0.4 is 14.8 Å². The van der Waals surface area contributed by atoms with E-state index in [1.54, 1.807) is 14.2 Å². The minimum atomic E-state index is 0.800. The zero-order valence-electron chi connectivity index (χ0n) is 14.6. The van der Waals surface area contributed by atoms with Gasteiger partial charge in [0.25, 0.3) is 0 Å². The van der Waals surface area contributed by atoms with E-state index in [1.165, 1.54) is 51.4 Å². The molecular weight excluding hydrogens is 274 g/mol. The Morgan fingerprint density at radius 3 is 2.18 bits per heavy atom. The average Bonchev–Trinajstić information content (AvgIpc) is 2.56. The quantitative estimate of drug-likeness (QED) is 0.524. The number of hydrogen-bond acceptors (Lipinski definition) is 3. The van der Waals surface area contributed by atoms with E-state index in [9.17, 15) is 0 Å². The van der Waals surface area contributed by atoms with Gasteiger partial charge >= 0.3 is 0 Å². The number of nitrogens with one attached hydrogen (secondary N) is 1. The van der Waals surface area contributed by atoms with Crippen LogP contribution in [-0.2, 0) is 6.54 Å². The normalized spacial score (nSPS) is 10.7. The van der Waals surface area contributed by atoms with Crippen LogP contribution in [0.4, 0.5) is 0 Å². The van der Waals surface area contributed by atoms with E-state index >= 15 is 0 Å². The second kappa shape index (κ2) is 12.3. The van der Waals surface area contributed by atoms with E-state index in [1.807, 2.05) is 12.1 Å². The van der Waals surface area contributed by atoms with Crippen molar-refractivity contribution in [3.8, 4) is 11.5 Å². The van der Waals surface area contributed by atoms with E-state index < -0.39 is 0 Å². The van der Waals surface area contributed by atoms with Crippen LogP contribution in [0, 0.1) is 0 Å². The van der Waals surface area contributed by atoms with E-state index in [4.69, 9.17) is 9.47 Å². The van der Waals surface area contributed by atoms with Gasteiger partial charge < -0.3 is 14.8 Å². The van der Waals surface area contributed by atoms with Crippen molar-refractivity contribution in [3.05, 3.63) is 23.8 Å². The number of ether oxygens (including phenoxy) is 2. The summed E-state index contributed by atoms with van der Waals surface area (Å²) in [7, 11) is 3.37. The van der Waals surface area contributed by atoms with Crippen LogP contribution >= 0.6 is 0 Å². The highest BCUT2D eigenvalue weighted by Gasteiger charge is 2.08. The lowest BCUT2D eigenvalue weighted by Gasteiger charge is -2.13. The monoisotopic (exact) mass is 307 g/mol. The summed E-state index contributed by atoms with van der Waals surface area (Å²) in [5, 5.41) is 3.50. The molecule has 1 aromatic rings. The van der Waals surface area contributed by atoms with E-state index in [2.05, 4.69) is 18.3 Å². The molecule has 126 valence electrons. The molecule has 1 rings (SSSR count). The molecular formula is C19H33NO2. The van der Waals surface area contributed by atoms with Gasteiger partial charge in [-0.2, -0.15) is 0 Å². The molecule has 0 amide bonds. The van der Waals surface area contributed by atoms with E-state index in [0.29, 0.717) is 0 Å². The number of methoxy groups -OCH3 is 2. The van der Waals surface area contributed by atoms with E-state index in [-0.39, 0.29) is 0 Å². The molecule has 0 atom stereocenters. The molecule has 0 saturated heterocycles. The van der Waals surface area contributed by atoms with Gasteiger partial charge in [0, 0.05) is 12.1 Å². The molecule has 22 heavy (non-hydrogen) atoms. The Kier molecular flexibility index (Phi) is 10.6. The highest BCUT2D eigenvalue weighted by molar-refractivity contribution is 5.46. The molecule has 0 aliphatic heterocycles. The second-order valence-corrected chi connectivity index (χ2v) is 5.80. The molecule has 3 nitrogen and oxygen atoms in total. The molecule has 1 aromatic carbocycles. The van der Waals surface area contributed by atoms with E-state index in [0.717, 1.165) is 30.2 Å². The second-order valence-electron chi connectivity index (χ2n) is 5.80. The van der Waals surface area contributed by atoms with Gasteiger partial charge in [-0.25, -0.2) is 0 Å². The van der Waals surface area contributed by atoms with Crippen LogP contribution in [-0.4, -0.2) is 20.8 Å². The fraction of sp³-hybridized carbons (Fsp3) is 0.684. The summed E-state index contributed by atoms with van der Waals surface area (Å²) in [6.07, 6.45) is 10.9. The molecule has 0 fully saturated rings. The summed E-state index contributed by atoms with van der Waals surface area (Å²) in [4.78, 5) is 0. The molecule has 3 heteroatoms. The lowest BCUT2D eigenvalue weighted by Crippen LogP contribution is -2.15. The maximum Gasteiger partial charge on any atom is 0.165 e. The highest BCUT2D eigenvalue weighted by atomic mass is 16.5. The van der Waals surface area contributed by atoms with Gasteiger partial charge in [-0.15, -0.1) is 0 Å². The van der Waals surface area contributed by atoms with Crippen molar-refractivity contribution < 1.29 is 9.47 Å². The summed E-state index contributed by atoms with van der Waals surface area (Å²) in [5.41, 5.74) is 1.15. The maximum atomic E-state index is 5.44. The first-order chi connectivity index (χ1) is 10.8. The topological polar surface area (TPSA) is 30.5 Å². The van der Waals surface area contributed by atoms with Crippen LogP contribution in [0.1, 0.15) is 63.9 Å². The third-order valence-corrected chi connectivity index (χ3v) is 4.01. The smallest absolute Gasteiger partial charge is 0.165 e. The third-order valence-electron chi connectivity index (χ3n) is 4.01. The van der Waals surface area contributed by atoms with Crippen molar-refractivity contribution in [2.24, 2.45) is 0 Å². The van der Waals surface area contributed by atoms with Crippen molar-refractivity contribution in [2.45, 2.75) is 64.8 Å². The molecule has 0 saturated carbocycles. The van der Waals surface area contributed by atoms with Crippen LogP contribution in [0.5, 0.6) is 11.5 Å². The highest BCUT2D eigenvalue weighted by Crippen LogP contribution is 2.30. The first-order valence-electron chi connectivity index (χ1n) is 8.74. The van der Waals surface area contributed by atoms with Crippen molar-refractivity contribution in [1.29, 1.82) is 0 Å². The number of benzene rings is 1. The van der Waals surface area contributed by atoms with Gasteiger partial charge in [-0.05, 0) is 19.0 Å². The third kappa shape index (κ3) is 7.17. The fourth-order valence-electron chi connectivity index (χ4n) is 2.70. The standard InChI is InChI=1S/C19H33NO2/c1-4-5-6-7-8-9-10-11-15-20-16-17-13-12-14-18(21-2)19(17)22-3/h12-14,20H,4-11,15-16H2,1-3H3. The number of rotatable bonds is 13. The molecule has 0 unspecified atom stereocenters. The lowest BCUT2D eigenvalue weighted by atomic mass is 10.1. The first kappa shape index (κ1) is 18.8.